The van der Waals surface area contributed by atoms with Crippen molar-refractivity contribution in [2.75, 3.05) is 20.8 Å². The molecule has 0 aromatic heterocycles. The van der Waals surface area contributed by atoms with Gasteiger partial charge >= 0.3 is 0 Å². The Kier molecular flexibility index (Phi) is 10.9. The van der Waals surface area contributed by atoms with Crippen LogP contribution in [0, 0.1) is 17.8 Å². The van der Waals surface area contributed by atoms with Gasteiger partial charge in [-0.3, -0.25) is 15.0 Å². The third-order valence-corrected chi connectivity index (χ3v) is 6.25. The molecule has 1 saturated heterocycles. The maximum atomic E-state index is 13.3. The van der Waals surface area contributed by atoms with Crippen LogP contribution >= 0.6 is 0 Å². The molecule has 1 heterocycles. The second-order valence-electron chi connectivity index (χ2n) is 8.48. The Labute approximate surface area is 176 Å². The van der Waals surface area contributed by atoms with Crippen LogP contribution in [0.25, 0.3) is 0 Å². The fourth-order valence-electron chi connectivity index (χ4n) is 4.38. The maximum Gasteiger partial charge on any atom is 0.239 e. The number of hydrogen-bond donors (Lipinski definition) is 2. The number of nitrogens with two attached hydrogens (primary N) is 1. The number of rotatable bonds is 11. The molecule has 1 rings (SSSR count). The zero-order valence-corrected chi connectivity index (χ0v) is 19.2. The third-order valence-electron chi connectivity index (χ3n) is 6.25. The number of nitrogens with zero attached hydrogens (tertiary/aromatic N) is 1. The molecule has 6 atom stereocenters. The van der Waals surface area contributed by atoms with E-state index in [0.29, 0.717) is 18.9 Å². The first-order chi connectivity index (χ1) is 13.7. The van der Waals surface area contributed by atoms with Crippen molar-refractivity contribution < 1.29 is 19.1 Å². The topological polar surface area (TPSA) is 93.9 Å². The molecule has 7 heteroatoms. The first-order valence-corrected chi connectivity index (χ1v) is 10.7. The summed E-state index contributed by atoms with van der Waals surface area (Å²) >= 11 is 0. The summed E-state index contributed by atoms with van der Waals surface area (Å²) in [5.74, 6) is 5.22. The molecule has 0 saturated carbocycles. The van der Waals surface area contributed by atoms with Crippen LogP contribution in [0.4, 0.5) is 0 Å². The molecule has 0 aromatic carbocycles. The lowest BCUT2D eigenvalue weighted by Gasteiger charge is -2.35. The van der Waals surface area contributed by atoms with E-state index in [1.165, 1.54) is 5.57 Å². The van der Waals surface area contributed by atoms with Crippen molar-refractivity contribution in [3.63, 3.8) is 0 Å². The van der Waals surface area contributed by atoms with E-state index in [0.717, 1.165) is 19.3 Å². The zero-order valence-electron chi connectivity index (χ0n) is 19.2. The van der Waals surface area contributed by atoms with Gasteiger partial charge in [-0.1, -0.05) is 38.8 Å². The summed E-state index contributed by atoms with van der Waals surface area (Å²) in [6.07, 6.45) is 4.70. The SMILES string of the molecule is CCC(C)C(C=C(C)C)C(CC(=O)N1CCCC1C(OC)C(C)C(=O)NN)OC. The molecule has 0 aromatic rings. The van der Waals surface area contributed by atoms with Gasteiger partial charge in [0.25, 0.3) is 0 Å². The lowest BCUT2D eigenvalue weighted by Crippen LogP contribution is -2.51. The van der Waals surface area contributed by atoms with E-state index >= 15 is 0 Å². The van der Waals surface area contributed by atoms with Gasteiger partial charge < -0.3 is 14.4 Å². The number of nitrogens with one attached hydrogen (secondary N) is 1. The van der Waals surface area contributed by atoms with Gasteiger partial charge in [-0.25, -0.2) is 5.84 Å². The van der Waals surface area contributed by atoms with Gasteiger partial charge in [0, 0.05) is 26.7 Å². The number of carbonyl (C=O) groups excluding carboxylic acids is 2. The van der Waals surface area contributed by atoms with Crippen molar-refractivity contribution in [2.24, 2.45) is 23.6 Å². The van der Waals surface area contributed by atoms with Crippen LogP contribution in [0.15, 0.2) is 11.6 Å². The van der Waals surface area contributed by atoms with Crippen molar-refractivity contribution in [1.82, 2.24) is 10.3 Å². The van der Waals surface area contributed by atoms with Gasteiger partial charge in [-0.2, -0.15) is 0 Å². The van der Waals surface area contributed by atoms with E-state index in [4.69, 9.17) is 15.3 Å². The van der Waals surface area contributed by atoms with Crippen LogP contribution in [0.3, 0.4) is 0 Å². The van der Waals surface area contributed by atoms with Crippen molar-refractivity contribution in [3.8, 4) is 0 Å². The van der Waals surface area contributed by atoms with Crippen LogP contribution in [0.1, 0.15) is 60.3 Å². The molecule has 1 aliphatic heterocycles. The molecule has 2 amide bonds. The van der Waals surface area contributed by atoms with Gasteiger partial charge in [0.2, 0.25) is 11.8 Å². The molecular formula is C22H41N3O4. The summed E-state index contributed by atoms with van der Waals surface area (Å²) in [4.78, 5) is 27.1. The Morgan fingerprint density at radius 3 is 2.38 bits per heavy atom. The van der Waals surface area contributed by atoms with E-state index in [1.54, 1.807) is 21.1 Å². The number of amides is 2. The van der Waals surface area contributed by atoms with Crippen LogP contribution in [-0.2, 0) is 19.1 Å². The van der Waals surface area contributed by atoms with Crippen LogP contribution in [0.2, 0.25) is 0 Å². The molecule has 0 radical (unpaired) electrons. The number of hydrazine groups is 1. The smallest absolute Gasteiger partial charge is 0.239 e. The Hall–Kier alpha value is -1.44. The second-order valence-corrected chi connectivity index (χ2v) is 8.48. The molecule has 3 N–H and O–H groups in total. The van der Waals surface area contributed by atoms with E-state index < -0.39 is 12.0 Å². The van der Waals surface area contributed by atoms with Crippen molar-refractivity contribution in [2.45, 2.75) is 78.6 Å². The number of methoxy groups -OCH3 is 2. The molecule has 6 unspecified atom stereocenters. The number of carbonyl (C=O) groups is 2. The quantitative estimate of drug-likeness (QED) is 0.236. The van der Waals surface area contributed by atoms with Crippen LogP contribution < -0.4 is 11.3 Å². The Morgan fingerprint density at radius 2 is 1.90 bits per heavy atom. The number of allylic oxidation sites excluding steroid dienone is 1. The summed E-state index contributed by atoms with van der Waals surface area (Å²) in [5.41, 5.74) is 3.42. The first kappa shape index (κ1) is 25.6. The molecular weight excluding hydrogens is 370 g/mol. The average molecular weight is 412 g/mol. The summed E-state index contributed by atoms with van der Waals surface area (Å²) in [5, 5.41) is 0. The number of likely N-dealkylation sites (tertiary alicyclic amines) is 1. The van der Waals surface area contributed by atoms with E-state index in [1.807, 2.05) is 4.90 Å². The molecule has 0 spiro atoms. The summed E-state index contributed by atoms with van der Waals surface area (Å²) in [6, 6.07) is -0.136. The lowest BCUT2D eigenvalue weighted by molar-refractivity contribution is -0.142. The van der Waals surface area contributed by atoms with Gasteiger partial charge in [-0.15, -0.1) is 0 Å². The molecule has 168 valence electrons. The first-order valence-electron chi connectivity index (χ1n) is 10.7. The monoisotopic (exact) mass is 411 g/mol. The molecule has 1 aliphatic rings. The van der Waals surface area contributed by atoms with E-state index in [-0.39, 0.29) is 29.9 Å². The summed E-state index contributed by atoms with van der Waals surface area (Å²) < 4.78 is 11.4. The predicted octanol–water partition coefficient (Wildman–Crippen LogP) is 2.65. The van der Waals surface area contributed by atoms with Gasteiger partial charge in [0.1, 0.15) is 0 Å². The molecule has 7 nitrogen and oxygen atoms in total. The van der Waals surface area contributed by atoms with Crippen molar-refractivity contribution in [1.29, 1.82) is 0 Å². The molecule has 0 aliphatic carbocycles. The lowest BCUT2D eigenvalue weighted by atomic mass is 9.84. The molecule has 1 fully saturated rings. The second kappa shape index (κ2) is 12.3. The van der Waals surface area contributed by atoms with Crippen molar-refractivity contribution in [3.05, 3.63) is 11.6 Å². The number of ether oxygens (including phenoxy) is 2. The van der Waals surface area contributed by atoms with Crippen LogP contribution in [-0.4, -0.2) is 55.7 Å². The maximum absolute atomic E-state index is 13.3. The average Bonchev–Trinajstić information content (AvgIpc) is 3.18. The zero-order chi connectivity index (χ0) is 22.1. The van der Waals surface area contributed by atoms with Crippen molar-refractivity contribution >= 4 is 11.8 Å². The normalized spacial score (nSPS) is 21.8. The highest BCUT2D eigenvalue weighted by Crippen LogP contribution is 2.30. The standard InChI is InChI=1S/C22H41N3O4/c1-8-15(4)17(12-14(2)3)19(28-6)13-20(26)25-11-9-10-18(25)21(29-7)16(5)22(27)24-23/h12,15-19,21H,8-11,13,23H2,1-7H3,(H,24,27). The molecule has 0 bridgehead atoms. The third kappa shape index (κ3) is 6.79. The highest BCUT2D eigenvalue weighted by Gasteiger charge is 2.40. The molecule has 29 heavy (non-hydrogen) atoms. The fraction of sp³-hybridized carbons (Fsp3) is 0.818. The van der Waals surface area contributed by atoms with Crippen LogP contribution in [0.5, 0.6) is 0 Å². The Balaban J connectivity index is 2.99. The summed E-state index contributed by atoms with van der Waals surface area (Å²) in [6.45, 7) is 11.0. The number of hydrogen-bond acceptors (Lipinski definition) is 5. The predicted molar refractivity (Wildman–Crippen MR) is 115 cm³/mol. The largest absolute Gasteiger partial charge is 0.380 e. The highest BCUT2D eigenvalue weighted by molar-refractivity contribution is 5.79. The van der Waals surface area contributed by atoms with Gasteiger partial charge in [0.15, 0.2) is 0 Å². The minimum Gasteiger partial charge on any atom is -0.380 e. The minimum atomic E-state index is -0.444. The summed E-state index contributed by atoms with van der Waals surface area (Å²) in [7, 11) is 3.26. The van der Waals surface area contributed by atoms with Gasteiger partial charge in [-0.05, 0) is 32.6 Å². The van der Waals surface area contributed by atoms with E-state index in [9.17, 15) is 9.59 Å². The Bertz CT molecular complexity index is 562. The van der Waals surface area contributed by atoms with Gasteiger partial charge in [0.05, 0.1) is 30.6 Å². The fourth-order valence-corrected chi connectivity index (χ4v) is 4.38. The highest BCUT2D eigenvalue weighted by atomic mass is 16.5. The van der Waals surface area contributed by atoms with E-state index in [2.05, 4.69) is 39.2 Å². The Morgan fingerprint density at radius 1 is 1.24 bits per heavy atom. The minimum absolute atomic E-state index is 0.0530.